The SMILES string of the molecule is NC(=O)CCN(C(=O)c1ccc(Br)c(F)c1)c1ccc(F)cc1. The highest BCUT2D eigenvalue weighted by molar-refractivity contribution is 9.10. The summed E-state index contributed by atoms with van der Waals surface area (Å²) in [6, 6.07) is 9.17. The topological polar surface area (TPSA) is 63.4 Å². The van der Waals surface area contributed by atoms with Gasteiger partial charge in [-0.2, -0.15) is 0 Å². The smallest absolute Gasteiger partial charge is 0.258 e. The van der Waals surface area contributed by atoms with E-state index in [0.29, 0.717) is 5.69 Å². The van der Waals surface area contributed by atoms with Gasteiger partial charge in [0.1, 0.15) is 11.6 Å². The van der Waals surface area contributed by atoms with E-state index in [1.807, 2.05) is 0 Å². The van der Waals surface area contributed by atoms with Crippen LogP contribution in [0.15, 0.2) is 46.9 Å². The molecule has 0 aromatic heterocycles. The molecule has 0 aliphatic rings. The zero-order valence-corrected chi connectivity index (χ0v) is 13.5. The number of carbonyl (C=O) groups is 2. The summed E-state index contributed by atoms with van der Waals surface area (Å²) >= 11 is 3.02. The van der Waals surface area contributed by atoms with Crippen molar-refractivity contribution in [1.82, 2.24) is 0 Å². The van der Waals surface area contributed by atoms with Gasteiger partial charge in [0.25, 0.3) is 5.91 Å². The van der Waals surface area contributed by atoms with Crippen molar-refractivity contribution in [2.24, 2.45) is 5.73 Å². The second-order valence-electron chi connectivity index (χ2n) is 4.78. The van der Waals surface area contributed by atoms with Gasteiger partial charge in [-0.25, -0.2) is 8.78 Å². The number of amides is 2. The fourth-order valence-corrected chi connectivity index (χ4v) is 2.22. The summed E-state index contributed by atoms with van der Waals surface area (Å²) in [5.74, 6) is -2.12. The van der Waals surface area contributed by atoms with Crippen molar-refractivity contribution < 1.29 is 18.4 Å². The molecule has 0 saturated carbocycles. The fraction of sp³-hybridized carbons (Fsp3) is 0.125. The maximum atomic E-state index is 13.6. The van der Waals surface area contributed by atoms with Gasteiger partial charge in [-0.15, -0.1) is 0 Å². The van der Waals surface area contributed by atoms with Crippen LogP contribution in [-0.2, 0) is 4.79 Å². The molecule has 2 amide bonds. The molecule has 23 heavy (non-hydrogen) atoms. The summed E-state index contributed by atoms with van der Waals surface area (Å²) in [6.07, 6.45) is -0.0673. The Morgan fingerprint density at radius 2 is 1.74 bits per heavy atom. The Bertz CT molecular complexity index is 735. The molecular formula is C16H13BrF2N2O2. The van der Waals surface area contributed by atoms with Crippen LogP contribution >= 0.6 is 15.9 Å². The van der Waals surface area contributed by atoms with Gasteiger partial charge in [-0.3, -0.25) is 9.59 Å². The van der Waals surface area contributed by atoms with Crippen LogP contribution in [-0.4, -0.2) is 18.4 Å². The summed E-state index contributed by atoms with van der Waals surface area (Å²) in [5.41, 5.74) is 5.62. The molecule has 120 valence electrons. The number of rotatable bonds is 5. The van der Waals surface area contributed by atoms with Gasteiger partial charge in [-0.05, 0) is 58.4 Å². The number of nitrogens with two attached hydrogens (primary N) is 1. The molecule has 4 nitrogen and oxygen atoms in total. The van der Waals surface area contributed by atoms with E-state index >= 15 is 0 Å². The lowest BCUT2D eigenvalue weighted by Gasteiger charge is -2.22. The van der Waals surface area contributed by atoms with Gasteiger partial charge in [-0.1, -0.05) is 0 Å². The highest BCUT2D eigenvalue weighted by atomic mass is 79.9. The molecule has 0 aliphatic carbocycles. The van der Waals surface area contributed by atoms with Crippen LogP contribution < -0.4 is 10.6 Å². The summed E-state index contributed by atoms with van der Waals surface area (Å²) in [4.78, 5) is 24.9. The van der Waals surface area contributed by atoms with Crippen LogP contribution in [0.3, 0.4) is 0 Å². The number of benzene rings is 2. The minimum atomic E-state index is -0.579. The van der Waals surface area contributed by atoms with Crippen molar-refractivity contribution in [3.63, 3.8) is 0 Å². The Balaban J connectivity index is 2.35. The highest BCUT2D eigenvalue weighted by Gasteiger charge is 2.19. The van der Waals surface area contributed by atoms with Crippen molar-refractivity contribution in [3.05, 3.63) is 64.1 Å². The quantitative estimate of drug-likeness (QED) is 0.862. The molecular weight excluding hydrogens is 370 g/mol. The first-order valence-corrected chi connectivity index (χ1v) is 7.48. The van der Waals surface area contributed by atoms with Crippen LogP contribution in [0.4, 0.5) is 14.5 Å². The predicted octanol–water partition coefficient (Wildman–Crippen LogP) is 3.25. The second-order valence-corrected chi connectivity index (χ2v) is 5.63. The fourth-order valence-electron chi connectivity index (χ4n) is 1.98. The third-order valence-electron chi connectivity index (χ3n) is 3.13. The molecule has 0 spiro atoms. The van der Waals surface area contributed by atoms with Crippen molar-refractivity contribution >= 4 is 33.4 Å². The molecule has 0 saturated heterocycles. The molecule has 0 fully saturated rings. The van der Waals surface area contributed by atoms with Gasteiger partial charge in [0.2, 0.25) is 5.91 Å². The zero-order valence-electron chi connectivity index (χ0n) is 11.9. The number of carbonyl (C=O) groups excluding carboxylic acids is 2. The van der Waals surface area contributed by atoms with Gasteiger partial charge >= 0.3 is 0 Å². The van der Waals surface area contributed by atoms with E-state index in [9.17, 15) is 18.4 Å². The second kappa shape index (κ2) is 7.32. The van der Waals surface area contributed by atoms with Gasteiger partial charge < -0.3 is 10.6 Å². The molecule has 2 aromatic carbocycles. The monoisotopic (exact) mass is 382 g/mol. The van der Waals surface area contributed by atoms with Gasteiger partial charge in [0, 0.05) is 24.2 Å². The molecule has 0 atom stereocenters. The minimum Gasteiger partial charge on any atom is -0.370 e. The van der Waals surface area contributed by atoms with E-state index in [1.165, 1.54) is 41.3 Å². The molecule has 2 aromatic rings. The number of anilines is 1. The van der Waals surface area contributed by atoms with E-state index in [0.717, 1.165) is 6.07 Å². The lowest BCUT2D eigenvalue weighted by Crippen LogP contribution is -2.34. The van der Waals surface area contributed by atoms with Crippen LogP contribution in [0.2, 0.25) is 0 Å². The average Bonchev–Trinajstić information content (AvgIpc) is 2.51. The van der Waals surface area contributed by atoms with Crippen LogP contribution in [0.1, 0.15) is 16.8 Å². The summed E-state index contributed by atoms with van der Waals surface area (Å²) < 4.78 is 26.9. The Hall–Kier alpha value is -2.28. The van der Waals surface area contributed by atoms with Gasteiger partial charge in [0.05, 0.1) is 4.47 Å². The third kappa shape index (κ3) is 4.35. The molecule has 0 heterocycles. The Morgan fingerprint density at radius 3 is 2.30 bits per heavy atom. The van der Waals surface area contributed by atoms with Crippen LogP contribution in [0.25, 0.3) is 0 Å². The van der Waals surface area contributed by atoms with E-state index in [-0.39, 0.29) is 23.0 Å². The zero-order chi connectivity index (χ0) is 17.0. The van der Waals surface area contributed by atoms with E-state index in [4.69, 9.17) is 5.73 Å². The molecule has 0 unspecified atom stereocenters. The number of nitrogens with zero attached hydrogens (tertiary/aromatic N) is 1. The van der Waals surface area contributed by atoms with Crippen molar-refractivity contribution in [2.75, 3.05) is 11.4 Å². The number of halogens is 3. The standard InChI is InChI=1S/C16H13BrF2N2O2/c17-13-6-1-10(9-14(13)19)16(23)21(8-7-15(20)22)12-4-2-11(18)3-5-12/h1-6,9H,7-8H2,(H2,20,22). The third-order valence-corrected chi connectivity index (χ3v) is 3.77. The number of hydrogen-bond acceptors (Lipinski definition) is 2. The molecule has 2 rings (SSSR count). The Kier molecular flexibility index (Phi) is 5.44. The maximum absolute atomic E-state index is 13.6. The highest BCUT2D eigenvalue weighted by Crippen LogP contribution is 2.21. The molecule has 0 radical (unpaired) electrons. The first-order valence-electron chi connectivity index (χ1n) is 6.69. The molecule has 7 heteroatoms. The van der Waals surface area contributed by atoms with Crippen molar-refractivity contribution in [2.45, 2.75) is 6.42 Å². The first kappa shape index (κ1) is 17.1. The van der Waals surface area contributed by atoms with E-state index in [1.54, 1.807) is 0 Å². The van der Waals surface area contributed by atoms with Crippen LogP contribution in [0, 0.1) is 11.6 Å². The summed E-state index contributed by atoms with van der Waals surface area (Å²) in [5, 5.41) is 0. The molecule has 2 N–H and O–H groups in total. The Morgan fingerprint density at radius 1 is 1.09 bits per heavy atom. The Labute approximate surface area is 140 Å². The number of hydrogen-bond donors (Lipinski definition) is 1. The lowest BCUT2D eigenvalue weighted by atomic mass is 10.1. The predicted molar refractivity (Wildman–Crippen MR) is 86.0 cm³/mol. The summed E-state index contributed by atoms with van der Waals surface area (Å²) in [6.45, 7) is 0.0114. The largest absolute Gasteiger partial charge is 0.370 e. The molecule has 0 aliphatic heterocycles. The van der Waals surface area contributed by atoms with Crippen LogP contribution in [0.5, 0.6) is 0 Å². The molecule has 0 bridgehead atoms. The van der Waals surface area contributed by atoms with E-state index < -0.39 is 23.4 Å². The summed E-state index contributed by atoms with van der Waals surface area (Å²) in [7, 11) is 0. The first-order chi connectivity index (χ1) is 10.9. The van der Waals surface area contributed by atoms with E-state index in [2.05, 4.69) is 15.9 Å². The van der Waals surface area contributed by atoms with Gasteiger partial charge in [0.15, 0.2) is 0 Å². The average molecular weight is 383 g/mol. The lowest BCUT2D eigenvalue weighted by molar-refractivity contribution is -0.117. The minimum absolute atomic E-state index is 0.0114. The van der Waals surface area contributed by atoms with Crippen molar-refractivity contribution in [3.8, 4) is 0 Å². The van der Waals surface area contributed by atoms with Crippen molar-refractivity contribution in [1.29, 1.82) is 0 Å². The number of primary amides is 1. The normalized spacial score (nSPS) is 10.4. The maximum Gasteiger partial charge on any atom is 0.258 e.